The maximum Gasteiger partial charge on any atom is 0.279 e. The SMILES string of the molecule is CNS(=O)(=O)N(C)Cc1ccccc1N. The number of nitrogen functional groups attached to an aromatic ring is 1. The van der Waals surface area contributed by atoms with E-state index in [0.717, 1.165) is 5.56 Å². The molecule has 0 aliphatic heterocycles. The molecule has 0 spiro atoms. The summed E-state index contributed by atoms with van der Waals surface area (Å²) < 4.78 is 26.2. The Morgan fingerprint density at radius 2 is 2.00 bits per heavy atom. The van der Waals surface area contributed by atoms with Crippen LogP contribution in [0.25, 0.3) is 0 Å². The van der Waals surface area contributed by atoms with Gasteiger partial charge < -0.3 is 5.73 Å². The van der Waals surface area contributed by atoms with Crippen LogP contribution in [0.1, 0.15) is 5.56 Å². The van der Waals surface area contributed by atoms with Crippen LogP contribution >= 0.6 is 0 Å². The van der Waals surface area contributed by atoms with E-state index in [2.05, 4.69) is 4.72 Å². The molecule has 0 aliphatic rings. The molecule has 0 bridgehead atoms. The molecule has 0 saturated carbocycles. The van der Waals surface area contributed by atoms with E-state index in [4.69, 9.17) is 5.73 Å². The third-order valence-corrected chi connectivity index (χ3v) is 3.58. The lowest BCUT2D eigenvalue weighted by molar-refractivity contribution is 0.460. The molecule has 0 fully saturated rings. The average molecular weight is 229 g/mol. The zero-order chi connectivity index (χ0) is 11.5. The fourth-order valence-corrected chi connectivity index (χ4v) is 1.78. The molecule has 1 aromatic carbocycles. The highest BCUT2D eigenvalue weighted by molar-refractivity contribution is 7.87. The van der Waals surface area contributed by atoms with Gasteiger partial charge in [0.25, 0.3) is 10.2 Å². The zero-order valence-electron chi connectivity index (χ0n) is 8.77. The first-order valence-corrected chi connectivity index (χ1v) is 5.89. The summed E-state index contributed by atoms with van der Waals surface area (Å²) in [5.74, 6) is 0. The normalized spacial score (nSPS) is 11.9. The molecule has 5 nitrogen and oxygen atoms in total. The van der Waals surface area contributed by atoms with Crippen molar-refractivity contribution < 1.29 is 8.42 Å². The summed E-state index contributed by atoms with van der Waals surface area (Å²) in [4.78, 5) is 0. The van der Waals surface area contributed by atoms with Crippen LogP contribution in [0, 0.1) is 0 Å². The molecule has 84 valence electrons. The van der Waals surface area contributed by atoms with Crippen molar-refractivity contribution in [3.05, 3.63) is 29.8 Å². The minimum absolute atomic E-state index is 0.260. The van der Waals surface area contributed by atoms with E-state index in [1.807, 2.05) is 12.1 Å². The van der Waals surface area contributed by atoms with Crippen LogP contribution in [0.5, 0.6) is 0 Å². The Morgan fingerprint density at radius 1 is 1.40 bits per heavy atom. The molecule has 0 saturated heterocycles. The van der Waals surface area contributed by atoms with Gasteiger partial charge in [0.1, 0.15) is 0 Å². The van der Waals surface area contributed by atoms with E-state index in [9.17, 15) is 8.42 Å². The molecule has 0 aliphatic carbocycles. The number of hydrogen-bond donors (Lipinski definition) is 2. The first kappa shape index (κ1) is 12.0. The number of benzene rings is 1. The smallest absolute Gasteiger partial charge is 0.279 e. The van der Waals surface area contributed by atoms with Crippen LogP contribution in [0.3, 0.4) is 0 Å². The van der Waals surface area contributed by atoms with Crippen molar-refractivity contribution in [1.29, 1.82) is 0 Å². The Balaban J connectivity index is 2.84. The summed E-state index contributed by atoms with van der Waals surface area (Å²) >= 11 is 0. The molecule has 0 aromatic heterocycles. The highest BCUT2D eigenvalue weighted by Crippen LogP contribution is 2.13. The Hall–Kier alpha value is -1.11. The van der Waals surface area contributed by atoms with E-state index in [0.29, 0.717) is 5.69 Å². The molecule has 6 heteroatoms. The minimum Gasteiger partial charge on any atom is -0.398 e. The summed E-state index contributed by atoms with van der Waals surface area (Å²) in [6.45, 7) is 0.260. The van der Waals surface area contributed by atoms with Crippen molar-refractivity contribution in [2.24, 2.45) is 0 Å². The van der Waals surface area contributed by atoms with Gasteiger partial charge >= 0.3 is 0 Å². The van der Waals surface area contributed by atoms with Gasteiger partial charge in [-0.25, -0.2) is 4.72 Å². The Kier molecular flexibility index (Phi) is 3.67. The lowest BCUT2D eigenvalue weighted by Crippen LogP contribution is -2.35. The molecule has 3 N–H and O–H groups in total. The number of anilines is 1. The Labute approximate surface area is 90.1 Å². The molecule has 0 heterocycles. The van der Waals surface area contributed by atoms with Crippen molar-refractivity contribution >= 4 is 15.9 Å². The summed E-state index contributed by atoms with van der Waals surface area (Å²) in [5, 5.41) is 0. The molecule has 0 atom stereocenters. The van der Waals surface area contributed by atoms with E-state index >= 15 is 0 Å². The monoisotopic (exact) mass is 229 g/mol. The first-order chi connectivity index (χ1) is 6.97. The summed E-state index contributed by atoms with van der Waals surface area (Å²) in [5.41, 5.74) is 7.10. The second kappa shape index (κ2) is 4.61. The third-order valence-electron chi connectivity index (χ3n) is 2.12. The molecule has 0 unspecified atom stereocenters. The van der Waals surface area contributed by atoms with E-state index in [1.54, 1.807) is 12.1 Å². The van der Waals surface area contributed by atoms with Crippen LogP contribution in [0.15, 0.2) is 24.3 Å². The van der Waals surface area contributed by atoms with Gasteiger partial charge in [-0.1, -0.05) is 18.2 Å². The van der Waals surface area contributed by atoms with E-state index in [1.165, 1.54) is 18.4 Å². The minimum atomic E-state index is -3.39. The fourth-order valence-electron chi connectivity index (χ4n) is 1.16. The van der Waals surface area contributed by atoms with Crippen molar-refractivity contribution in [3.8, 4) is 0 Å². The highest BCUT2D eigenvalue weighted by atomic mass is 32.2. The molecule has 1 aromatic rings. The van der Waals surface area contributed by atoms with Gasteiger partial charge in [0.2, 0.25) is 0 Å². The van der Waals surface area contributed by atoms with Crippen LogP contribution in [0.2, 0.25) is 0 Å². The summed E-state index contributed by atoms with van der Waals surface area (Å²) in [7, 11) is -0.512. The molecule has 0 radical (unpaired) electrons. The molecule has 0 amide bonds. The van der Waals surface area contributed by atoms with E-state index < -0.39 is 10.2 Å². The van der Waals surface area contributed by atoms with Gasteiger partial charge in [0.15, 0.2) is 0 Å². The molecular weight excluding hydrogens is 214 g/mol. The van der Waals surface area contributed by atoms with Crippen molar-refractivity contribution in [3.63, 3.8) is 0 Å². The number of hydrogen-bond acceptors (Lipinski definition) is 3. The maximum atomic E-state index is 11.4. The standard InChI is InChI=1S/C9H15N3O2S/c1-11-15(13,14)12(2)7-8-5-3-4-6-9(8)10/h3-6,11H,7,10H2,1-2H3. The zero-order valence-corrected chi connectivity index (χ0v) is 9.58. The van der Waals surface area contributed by atoms with Crippen LogP contribution in [-0.2, 0) is 16.8 Å². The topological polar surface area (TPSA) is 75.4 Å². The first-order valence-electron chi connectivity index (χ1n) is 4.45. The Bertz CT molecular complexity index is 431. The van der Waals surface area contributed by atoms with Crippen LogP contribution in [-0.4, -0.2) is 26.8 Å². The number of nitrogens with zero attached hydrogens (tertiary/aromatic N) is 1. The molecule has 15 heavy (non-hydrogen) atoms. The quantitative estimate of drug-likeness (QED) is 0.722. The Morgan fingerprint density at radius 3 is 2.53 bits per heavy atom. The van der Waals surface area contributed by atoms with Gasteiger partial charge in [-0.15, -0.1) is 0 Å². The maximum absolute atomic E-state index is 11.4. The van der Waals surface area contributed by atoms with Crippen LogP contribution in [0.4, 0.5) is 5.69 Å². The summed E-state index contributed by atoms with van der Waals surface area (Å²) in [6, 6.07) is 7.18. The van der Waals surface area contributed by atoms with Crippen molar-refractivity contribution in [1.82, 2.24) is 9.03 Å². The number of nitrogens with one attached hydrogen (secondary N) is 1. The summed E-state index contributed by atoms with van der Waals surface area (Å²) in [6.07, 6.45) is 0. The lowest BCUT2D eigenvalue weighted by Gasteiger charge is -2.16. The van der Waals surface area contributed by atoms with Crippen molar-refractivity contribution in [2.75, 3.05) is 19.8 Å². The predicted octanol–water partition coefficient (Wildman–Crippen LogP) is 0.165. The van der Waals surface area contributed by atoms with E-state index in [-0.39, 0.29) is 6.54 Å². The number of nitrogens with two attached hydrogens (primary N) is 1. The number of para-hydroxylation sites is 1. The average Bonchev–Trinajstić information content (AvgIpc) is 2.21. The molecule has 1 rings (SSSR count). The second-order valence-corrected chi connectivity index (χ2v) is 5.15. The third kappa shape index (κ3) is 2.92. The van der Waals surface area contributed by atoms with Crippen molar-refractivity contribution in [2.45, 2.75) is 6.54 Å². The van der Waals surface area contributed by atoms with Gasteiger partial charge in [0.05, 0.1) is 0 Å². The van der Waals surface area contributed by atoms with Gasteiger partial charge in [-0.05, 0) is 11.6 Å². The fraction of sp³-hybridized carbons (Fsp3) is 0.333. The van der Waals surface area contributed by atoms with Gasteiger partial charge in [-0.2, -0.15) is 12.7 Å². The molecular formula is C9H15N3O2S. The second-order valence-electron chi connectivity index (χ2n) is 3.16. The predicted molar refractivity (Wildman–Crippen MR) is 60.3 cm³/mol. The van der Waals surface area contributed by atoms with Gasteiger partial charge in [-0.3, -0.25) is 0 Å². The number of rotatable bonds is 4. The lowest BCUT2D eigenvalue weighted by atomic mass is 10.2. The van der Waals surface area contributed by atoms with Gasteiger partial charge in [0, 0.05) is 26.3 Å². The highest BCUT2D eigenvalue weighted by Gasteiger charge is 2.15. The van der Waals surface area contributed by atoms with Crippen LogP contribution < -0.4 is 10.5 Å². The largest absolute Gasteiger partial charge is 0.398 e.